The van der Waals surface area contributed by atoms with E-state index in [1.165, 1.54) is 0 Å². The molecule has 0 radical (unpaired) electrons. The molecule has 1 heterocycles. The lowest BCUT2D eigenvalue weighted by Gasteiger charge is -2.10. The highest BCUT2D eigenvalue weighted by molar-refractivity contribution is 5.65. The van der Waals surface area contributed by atoms with Gasteiger partial charge >= 0.3 is 0 Å². The Morgan fingerprint density at radius 3 is 2.36 bits per heavy atom. The number of nitrogens with one attached hydrogen (secondary N) is 2. The Kier molecular flexibility index (Phi) is 4.55. The lowest BCUT2D eigenvalue weighted by atomic mass is 10.2. The van der Waals surface area contributed by atoms with Crippen LogP contribution < -0.4 is 10.6 Å². The van der Waals surface area contributed by atoms with Crippen LogP contribution >= 0.6 is 0 Å². The molecule has 0 spiro atoms. The fourth-order valence-corrected chi connectivity index (χ4v) is 2.27. The SMILES string of the molecule is Cc1cc(Nc2ccc(C#N)cc2)nc(Nc2ccccc2C#N)n1. The van der Waals surface area contributed by atoms with Crippen LogP contribution in [0.3, 0.4) is 0 Å². The van der Waals surface area contributed by atoms with E-state index in [0.717, 1.165) is 11.4 Å². The summed E-state index contributed by atoms with van der Waals surface area (Å²) >= 11 is 0. The second-order valence-electron chi connectivity index (χ2n) is 5.31. The molecule has 0 fully saturated rings. The number of aryl methyl sites for hydroxylation is 1. The third-order valence-corrected chi connectivity index (χ3v) is 3.43. The molecule has 3 rings (SSSR count). The molecule has 0 aliphatic carbocycles. The maximum absolute atomic E-state index is 9.18. The number of anilines is 4. The number of para-hydroxylation sites is 1. The van der Waals surface area contributed by atoms with Crippen molar-refractivity contribution in [3.8, 4) is 12.1 Å². The van der Waals surface area contributed by atoms with Crippen molar-refractivity contribution in [2.75, 3.05) is 10.6 Å². The number of hydrogen-bond donors (Lipinski definition) is 2. The van der Waals surface area contributed by atoms with E-state index in [1.807, 2.05) is 31.2 Å². The van der Waals surface area contributed by atoms with Gasteiger partial charge in [0.2, 0.25) is 5.95 Å². The van der Waals surface area contributed by atoms with Gasteiger partial charge in [-0.25, -0.2) is 4.98 Å². The zero-order valence-corrected chi connectivity index (χ0v) is 13.5. The topological polar surface area (TPSA) is 97.4 Å². The molecule has 0 amide bonds. The van der Waals surface area contributed by atoms with Gasteiger partial charge in [-0.15, -0.1) is 0 Å². The van der Waals surface area contributed by atoms with Crippen LogP contribution in [-0.2, 0) is 0 Å². The van der Waals surface area contributed by atoms with Gasteiger partial charge in [0.25, 0.3) is 0 Å². The smallest absolute Gasteiger partial charge is 0.229 e. The summed E-state index contributed by atoms with van der Waals surface area (Å²) in [7, 11) is 0. The maximum Gasteiger partial charge on any atom is 0.229 e. The lowest BCUT2D eigenvalue weighted by molar-refractivity contribution is 1.11. The van der Waals surface area contributed by atoms with Gasteiger partial charge in [0.1, 0.15) is 11.9 Å². The highest BCUT2D eigenvalue weighted by atomic mass is 15.1. The molecule has 120 valence electrons. The third-order valence-electron chi connectivity index (χ3n) is 3.43. The monoisotopic (exact) mass is 326 g/mol. The molecule has 1 aromatic heterocycles. The Hall–Kier alpha value is -3.90. The van der Waals surface area contributed by atoms with Crippen LogP contribution in [0.1, 0.15) is 16.8 Å². The summed E-state index contributed by atoms with van der Waals surface area (Å²) in [6, 6.07) is 20.3. The summed E-state index contributed by atoms with van der Waals surface area (Å²) in [6.45, 7) is 1.87. The van der Waals surface area contributed by atoms with Crippen LogP contribution in [0.4, 0.5) is 23.1 Å². The first-order valence-electron chi connectivity index (χ1n) is 7.57. The minimum absolute atomic E-state index is 0.402. The summed E-state index contributed by atoms with van der Waals surface area (Å²) in [5.41, 5.74) is 3.37. The number of rotatable bonds is 4. The van der Waals surface area contributed by atoms with Crippen molar-refractivity contribution >= 4 is 23.1 Å². The predicted octanol–water partition coefficient (Wildman–Crippen LogP) is 4.02. The summed E-state index contributed by atoms with van der Waals surface area (Å²) in [6.07, 6.45) is 0. The van der Waals surface area contributed by atoms with Crippen molar-refractivity contribution in [2.45, 2.75) is 6.92 Å². The minimum Gasteiger partial charge on any atom is -0.340 e. The van der Waals surface area contributed by atoms with E-state index in [9.17, 15) is 5.26 Å². The number of nitrogens with zero attached hydrogens (tertiary/aromatic N) is 4. The normalized spacial score (nSPS) is 9.72. The molecule has 0 atom stereocenters. The van der Waals surface area contributed by atoms with Gasteiger partial charge in [-0.2, -0.15) is 15.5 Å². The first-order chi connectivity index (χ1) is 12.2. The van der Waals surface area contributed by atoms with Gasteiger partial charge in [0.05, 0.1) is 22.9 Å². The number of aromatic nitrogens is 2. The van der Waals surface area contributed by atoms with Crippen molar-refractivity contribution in [1.82, 2.24) is 9.97 Å². The molecule has 6 nitrogen and oxygen atoms in total. The zero-order valence-electron chi connectivity index (χ0n) is 13.5. The molecule has 0 aliphatic heterocycles. The second kappa shape index (κ2) is 7.12. The van der Waals surface area contributed by atoms with E-state index in [0.29, 0.717) is 28.6 Å². The highest BCUT2D eigenvalue weighted by Gasteiger charge is 2.06. The van der Waals surface area contributed by atoms with Crippen molar-refractivity contribution < 1.29 is 0 Å². The van der Waals surface area contributed by atoms with E-state index >= 15 is 0 Å². The molecular weight excluding hydrogens is 312 g/mol. The first-order valence-corrected chi connectivity index (χ1v) is 7.57. The summed E-state index contributed by atoms with van der Waals surface area (Å²) in [4.78, 5) is 8.79. The summed E-state index contributed by atoms with van der Waals surface area (Å²) < 4.78 is 0. The van der Waals surface area contributed by atoms with E-state index in [2.05, 4.69) is 32.7 Å². The van der Waals surface area contributed by atoms with Gasteiger partial charge in [-0.3, -0.25) is 0 Å². The Bertz CT molecular complexity index is 980. The molecule has 0 bridgehead atoms. The van der Waals surface area contributed by atoms with E-state index in [4.69, 9.17) is 5.26 Å². The first kappa shape index (κ1) is 16.0. The van der Waals surface area contributed by atoms with Crippen molar-refractivity contribution in [3.63, 3.8) is 0 Å². The van der Waals surface area contributed by atoms with Gasteiger partial charge in [-0.05, 0) is 43.3 Å². The van der Waals surface area contributed by atoms with Gasteiger partial charge in [0.15, 0.2) is 0 Å². The van der Waals surface area contributed by atoms with Gasteiger partial charge in [0, 0.05) is 17.4 Å². The number of hydrogen-bond acceptors (Lipinski definition) is 6. The highest BCUT2D eigenvalue weighted by Crippen LogP contribution is 2.21. The van der Waals surface area contributed by atoms with E-state index in [-0.39, 0.29) is 0 Å². The Morgan fingerprint density at radius 1 is 0.880 bits per heavy atom. The second-order valence-corrected chi connectivity index (χ2v) is 5.31. The molecule has 2 aromatic carbocycles. The summed E-state index contributed by atoms with van der Waals surface area (Å²) in [5, 5.41) is 24.3. The maximum atomic E-state index is 9.18. The average Bonchev–Trinajstić information content (AvgIpc) is 2.62. The van der Waals surface area contributed by atoms with Crippen LogP contribution in [0.15, 0.2) is 54.6 Å². The largest absolute Gasteiger partial charge is 0.340 e. The quantitative estimate of drug-likeness (QED) is 0.751. The number of benzene rings is 2. The van der Waals surface area contributed by atoms with Crippen LogP contribution in [0, 0.1) is 29.6 Å². The van der Waals surface area contributed by atoms with Crippen molar-refractivity contribution in [2.24, 2.45) is 0 Å². The molecule has 25 heavy (non-hydrogen) atoms. The third kappa shape index (κ3) is 3.90. The molecule has 3 aromatic rings. The molecule has 2 N–H and O–H groups in total. The molecular formula is C19H14N6. The summed E-state index contributed by atoms with van der Waals surface area (Å²) in [5.74, 6) is 1.02. The zero-order chi connectivity index (χ0) is 17.6. The number of nitriles is 2. The fraction of sp³-hybridized carbons (Fsp3) is 0.0526. The Morgan fingerprint density at radius 2 is 1.64 bits per heavy atom. The molecule has 0 aliphatic rings. The molecule has 6 heteroatoms. The van der Waals surface area contributed by atoms with Gasteiger partial charge in [-0.1, -0.05) is 12.1 Å². The van der Waals surface area contributed by atoms with Crippen LogP contribution in [-0.4, -0.2) is 9.97 Å². The van der Waals surface area contributed by atoms with E-state index < -0.39 is 0 Å². The lowest BCUT2D eigenvalue weighted by Crippen LogP contribution is -2.03. The van der Waals surface area contributed by atoms with Crippen molar-refractivity contribution in [1.29, 1.82) is 10.5 Å². The Labute approximate surface area is 145 Å². The van der Waals surface area contributed by atoms with Crippen LogP contribution in [0.25, 0.3) is 0 Å². The Balaban J connectivity index is 1.85. The standard InChI is InChI=1S/C19H14N6/c1-13-10-18(23-16-8-6-14(11-20)7-9-16)25-19(22-13)24-17-5-3-2-4-15(17)12-21/h2-10H,1H3,(H2,22,23,24,25). The molecule has 0 unspecified atom stereocenters. The fourth-order valence-electron chi connectivity index (χ4n) is 2.27. The van der Waals surface area contributed by atoms with Crippen molar-refractivity contribution in [3.05, 3.63) is 71.4 Å². The molecule has 0 saturated carbocycles. The molecule has 0 saturated heterocycles. The van der Waals surface area contributed by atoms with Gasteiger partial charge < -0.3 is 10.6 Å². The van der Waals surface area contributed by atoms with E-state index in [1.54, 1.807) is 30.3 Å². The predicted molar refractivity (Wildman–Crippen MR) is 95.6 cm³/mol. The minimum atomic E-state index is 0.402. The van der Waals surface area contributed by atoms with Crippen LogP contribution in [0.2, 0.25) is 0 Å². The van der Waals surface area contributed by atoms with Crippen LogP contribution in [0.5, 0.6) is 0 Å². The average molecular weight is 326 g/mol.